The van der Waals surface area contributed by atoms with Gasteiger partial charge in [0.25, 0.3) is 0 Å². The van der Waals surface area contributed by atoms with Crippen molar-refractivity contribution in [1.29, 1.82) is 0 Å². The van der Waals surface area contributed by atoms with Crippen LogP contribution in [0.25, 0.3) is 16.9 Å². The van der Waals surface area contributed by atoms with Crippen LogP contribution in [-0.4, -0.2) is 25.8 Å². The Morgan fingerprint density at radius 3 is 2.75 bits per heavy atom. The van der Waals surface area contributed by atoms with E-state index < -0.39 is 6.67 Å². The Balaban J connectivity index is 2.06. The number of halogens is 1. The quantitative estimate of drug-likeness (QED) is 0.729. The van der Waals surface area contributed by atoms with E-state index in [-0.39, 0.29) is 18.7 Å². The number of aromatic nitrogens is 4. The Morgan fingerprint density at radius 2 is 2.00 bits per heavy atom. The summed E-state index contributed by atoms with van der Waals surface area (Å²) in [7, 11) is 0. The molecule has 20 heavy (non-hydrogen) atoms. The summed E-state index contributed by atoms with van der Waals surface area (Å²) >= 11 is 0. The van der Waals surface area contributed by atoms with Gasteiger partial charge in [0.2, 0.25) is 0 Å². The SMILES string of the molecule is O=c1n(CCCF)nc2cc(-c3ccccc3)ncn12. The molecule has 0 aliphatic carbocycles. The van der Waals surface area contributed by atoms with Crippen LogP contribution in [0, 0.1) is 0 Å². The smallest absolute Gasteiger partial charge is 0.251 e. The first-order valence-electron chi connectivity index (χ1n) is 6.36. The van der Waals surface area contributed by atoms with Crippen molar-refractivity contribution in [2.24, 2.45) is 0 Å². The highest BCUT2D eigenvalue weighted by molar-refractivity contribution is 5.62. The van der Waals surface area contributed by atoms with Gasteiger partial charge >= 0.3 is 5.69 Å². The van der Waals surface area contributed by atoms with E-state index >= 15 is 0 Å². The van der Waals surface area contributed by atoms with E-state index in [2.05, 4.69) is 10.1 Å². The molecule has 5 nitrogen and oxygen atoms in total. The average Bonchev–Trinajstić information content (AvgIpc) is 2.82. The normalized spacial score (nSPS) is 11.1. The maximum atomic E-state index is 12.2. The second-order valence-corrected chi connectivity index (χ2v) is 4.42. The first kappa shape index (κ1) is 12.5. The van der Waals surface area contributed by atoms with Crippen LogP contribution in [0.1, 0.15) is 6.42 Å². The van der Waals surface area contributed by atoms with Gasteiger partial charge in [-0.25, -0.2) is 18.9 Å². The predicted molar refractivity (Wildman–Crippen MR) is 73.3 cm³/mol. The van der Waals surface area contributed by atoms with Crippen molar-refractivity contribution in [3.63, 3.8) is 0 Å². The summed E-state index contributed by atoms with van der Waals surface area (Å²) in [5.41, 5.74) is 1.93. The molecule has 1 aromatic carbocycles. The summed E-state index contributed by atoms with van der Waals surface area (Å²) < 4.78 is 14.8. The zero-order valence-corrected chi connectivity index (χ0v) is 10.7. The van der Waals surface area contributed by atoms with Crippen LogP contribution in [-0.2, 0) is 6.54 Å². The van der Waals surface area contributed by atoms with Crippen molar-refractivity contribution in [2.45, 2.75) is 13.0 Å². The minimum absolute atomic E-state index is 0.275. The lowest BCUT2D eigenvalue weighted by Gasteiger charge is -1.99. The van der Waals surface area contributed by atoms with Crippen molar-refractivity contribution in [3.05, 3.63) is 53.2 Å². The van der Waals surface area contributed by atoms with Crippen molar-refractivity contribution >= 4 is 5.65 Å². The number of nitrogens with zero attached hydrogens (tertiary/aromatic N) is 4. The van der Waals surface area contributed by atoms with Crippen molar-refractivity contribution in [3.8, 4) is 11.3 Å². The minimum atomic E-state index is -0.464. The van der Waals surface area contributed by atoms with Crippen LogP contribution < -0.4 is 5.69 Å². The molecule has 6 heteroatoms. The fourth-order valence-electron chi connectivity index (χ4n) is 2.05. The third-order valence-corrected chi connectivity index (χ3v) is 3.05. The number of alkyl halides is 1. The van der Waals surface area contributed by atoms with Gasteiger partial charge in [-0.2, -0.15) is 0 Å². The number of fused-ring (bicyclic) bond motifs is 1. The Kier molecular flexibility index (Phi) is 3.28. The van der Waals surface area contributed by atoms with Gasteiger partial charge in [-0.05, 0) is 6.42 Å². The maximum absolute atomic E-state index is 12.2. The van der Waals surface area contributed by atoms with Gasteiger partial charge < -0.3 is 0 Å². The Bertz CT molecular complexity index is 779. The molecule has 0 amide bonds. The van der Waals surface area contributed by atoms with E-state index in [1.807, 2.05) is 30.3 Å². The number of benzene rings is 1. The molecule has 0 aliphatic heterocycles. The molecule has 0 saturated heterocycles. The molecule has 0 saturated carbocycles. The van der Waals surface area contributed by atoms with Crippen molar-refractivity contribution < 1.29 is 4.39 Å². The molecule has 102 valence electrons. The van der Waals surface area contributed by atoms with Gasteiger partial charge in [0.05, 0.1) is 12.4 Å². The fraction of sp³-hybridized carbons (Fsp3) is 0.214. The number of aryl methyl sites for hydroxylation is 1. The molecule has 2 heterocycles. The third-order valence-electron chi connectivity index (χ3n) is 3.05. The van der Waals surface area contributed by atoms with Crippen LogP contribution in [0.5, 0.6) is 0 Å². The molecule has 0 radical (unpaired) electrons. The number of rotatable bonds is 4. The summed E-state index contributed by atoms with van der Waals surface area (Å²) in [6.45, 7) is -0.189. The van der Waals surface area contributed by atoms with E-state index in [0.29, 0.717) is 5.65 Å². The molecular formula is C14H13FN4O. The molecule has 0 N–H and O–H groups in total. The summed E-state index contributed by atoms with van der Waals surface area (Å²) in [5.74, 6) is 0. The zero-order valence-electron chi connectivity index (χ0n) is 10.7. The molecule has 0 aliphatic rings. The lowest BCUT2D eigenvalue weighted by atomic mass is 10.1. The first-order valence-corrected chi connectivity index (χ1v) is 6.36. The minimum Gasteiger partial charge on any atom is -0.251 e. The van der Waals surface area contributed by atoms with Gasteiger partial charge in [0.1, 0.15) is 6.33 Å². The average molecular weight is 272 g/mol. The summed E-state index contributed by atoms with van der Waals surface area (Å²) in [6, 6.07) is 11.4. The van der Waals surface area contributed by atoms with Gasteiger partial charge in [0.15, 0.2) is 5.65 Å². The third kappa shape index (κ3) is 2.20. The second kappa shape index (κ2) is 5.24. The van der Waals surface area contributed by atoms with E-state index in [4.69, 9.17) is 0 Å². The molecule has 2 aromatic heterocycles. The highest BCUT2D eigenvalue weighted by atomic mass is 19.1. The monoisotopic (exact) mass is 272 g/mol. The summed E-state index contributed by atoms with van der Waals surface area (Å²) in [4.78, 5) is 16.3. The number of hydrogen-bond acceptors (Lipinski definition) is 3. The standard InChI is InChI=1S/C14H13FN4O/c15-7-4-8-19-14(20)18-10-16-12(9-13(18)17-19)11-5-2-1-3-6-11/h1-3,5-6,9-10H,4,7-8H2. The second-order valence-electron chi connectivity index (χ2n) is 4.42. The highest BCUT2D eigenvalue weighted by Crippen LogP contribution is 2.16. The van der Waals surface area contributed by atoms with E-state index in [1.165, 1.54) is 15.4 Å². The van der Waals surface area contributed by atoms with E-state index in [0.717, 1.165) is 11.3 Å². The molecule has 0 unspecified atom stereocenters. The number of hydrogen-bond donors (Lipinski definition) is 0. The Labute approximate surface area is 114 Å². The summed E-state index contributed by atoms with van der Waals surface area (Å²) in [5, 5.41) is 4.20. The predicted octanol–water partition coefficient (Wildman–Crippen LogP) is 1.92. The highest BCUT2D eigenvalue weighted by Gasteiger charge is 2.08. The molecule has 0 bridgehead atoms. The maximum Gasteiger partial charge on any atom is 0.351 e. The van der Waals surface area contributed by atoms with Crippen LogP contribution in [0.15, 0.2) is 47.5 Å². The molecule has 0 atom stereocenters. The van der Waals surface area contributed by atoms with Gasteiger partial charge in [-0.15, -0.1) is 5.10 Å². The van der Waals surface area contributed by atoms with Crippen LogP contribution >= 0.6 is 0 Å². The fourth-order valence-corrected chi connectivity index (χ4v) is 2.05. The Morgan fingerprint density at radius 1 is 1.20 bits per heavy atom. The molecule has 3 rings (SSSR count). The van der Waals surface area contributed by atoms with Gasteiger partial charge in [0, 0.05) is 18.2 Å². The molecular weight excluding hydrogens is 259 g/mol. The van der Waals surface area contributed by atoms with E-state index in [1.54, 1.807) is 6.07 Å². The lowest BCUT2D eigenvalue weighted by molar-refractivity contribution is 0.430. The van der Waals surface area contributed by atoms with E-state index in [9.17, 15) is 9.18 Å². The van der Waals surface area contributed by atoms with Crippen molar-refractivity contribution in [2.75, 3.05) is 6.67 Å². The van der Waals surface area contributed by atoms with Gasteiger partial charge in [-0.3, -0.25) is 4.39 Å². The van der Waals surface area contributed by atoms with Crippen LogP contribution in [0.2, 0.25) is 0 Å². The molecule has 3 aromatic rings. The first-order chi connectivity index (χ1) is 9.79. The Hall–Kier alpha value is -2.50. The summed E-state index contributed by atoms with van der Waals surface area (Å²) in [6.07, 6.45) is 1.74. The van der Waals surface area contributed by atoms with Crippen LogP contribution in [0.3, 0.4) is 0 Å². The topological polar surface area (TPSA) is 52.2 Å². The molecule has 0 spiro atoms. The largest absolute Gasteiger partial charge is 0.351 e. The molecule has 0 fully saturated rings. The zero-order chi connectivity index (χ0) is 13.9. The van der Waals surface area contributed by atoms with Crippen LogP contribution in [0.4, 0.5) is 4.39 Å². The van der Waals surface area contributed by atoms with Crippen molar-refractivity contribution in [1.82, 2.24) is 19.2 Å². The van der Waals surface area contributed by atoms with Gasteiger partial charge in [-0.1, -0.05) is 30.3 Å². The lowest BCUT2D eigenvalue weighted by Crippen LogP contribution is -2.21.